The van der Waals surface area contributed by atoms with Crippen LogP contribution in [0.5, 0.6) is 5.75 Å². The molecule has 3 atom stereocenters. The van der Waals surface area contributed by atoms with Crippen LogP contribution in [-0.2, 0) is 35.3 Å². The minimum absolute atomic E-state index is 0.00142. The van der Waals surface area contributed by atoms with Gasteiger partial charge in [0.05, 0.1) is 37.5 Å². The predicted molar refractivity (Wildman–Crippen MR) is 166 cm³/mol. The molecule has 1 aliphatic rings. The molecular weight excluding hydrogens is 584 g/mol. The Morgan fingerprint density at radius 2 is 1.95 bits per heavy atom. The van der Waals surface area contributed by atoms with Gasteiger partial charge in [-0.25, -0.2) is 13.4 Å². The largest absolute Gasteiger partial charge is 0.488 e. The van der Waals surface area contributed by atoms with Crippen molar-refractivity contribution >= 4 is 38.4 Å². The van der Waals surface area contributed by atoms with Crippen LogP contribution in [0.2, 0.25) is 0 Å². The van der Waals surface area contributed by atoms with Crippen molar-refractivity contribution in [2.24, 2.45) is 20.0 Å². The monoisotopic (exact) mass is 622 g/mol. The van der Waals surface area contributed by atoms with Crippen molar-refractivity contribution in [2.45, 2.75) is 37.4 Å². The van der Waals surface area contributed by atoms with E-state index >= 15 is 0 Å². The smallest absolute Gasteiger partial charge is 0.261 e. The normalized spacial score (nSPS) is 18.1. The fourth-order valence-electron chi connectivity index (χ4n) is 5.50. The molecule has 2 N–H and O–H groups in total. The van der Waals surface area contributed by atoms with Crippen molar-refractivity contribution < 1.29 is 27.9 Å². The summed E-state index contributed by atoms with van der Waals surface area (Å²) in [6.07, 6.45) is 4.30. The summed E-state index contributed by atoms with van der Waals surface area (Å²) in [6, 6.07) is 12.2. The highest BCUT2D eigenvalue weighted by Crippen LogP contribution is 2.31. The third-order valence-corrected chi connectivity index (χ3v) is 9.78. The molecule has 44 heavy (non-hydrogen) atoms. The molecule has 3 heterocycles. The average molecular weight is 623 g/mol. The maximum atomic E-state index is 13.8. The van der Waals surface area contributed by atoms with Gasteiger partial charge in [-0.2, -0.15) is 4.31 Å². The Bertz CT molecular complexity index is 1800. The molecule has 0 fully saturated rings. The number of aryl methyl sites for hydroxylation is 2. The van der Waals surface area contributed by atoms with Crippen molar-refractivity contribution in [2.75, 3.05) is 32.1 Å². The van der Waals surface area contributed by atoms with E-state index < -0.39 is 22.2 Å². The lowest BCUT2D eigenvalue weighted by atomic mass is 9.99. The summed E-state index contributed by atoms with van der Waals surface area (Å²) in [5.41, 5.74) is 2.54. The van der Waals surface area contributed by atoms with E-state index in [2.05, 4.69) is 10.3 Å². The number of aliphatic hydroxyl groups excluding tert-OH is 1. The maximum Gasteiger partial charge on any atom is 0.261 e. The van der Waals surface area contributed by atoms with Gasteiger partial charge in [-0.3, -0.25) is 9.59 Å². The van der Waals surface area contributed by atoms with Crippen LogP contribution in [0.25, 0.3) is 10.9 Å². The standard InChI is InChI=1S/C31H38N6O6S/c1-20-14-37(21(2)18-38)31(40)25-13-23(33-29(39)12-22-15-35(4)26-9-7-6-8-24(22)26)10-11-27(25)43-28(20)16-36(5)44(41,42)30-17-34(3)19-32-30/h6-11,13,15,17,19-21,28,38H,12,14,16,18H2,1-5H3,(H,33,39)/t20-,21+,28-/m1/s1. The van der Waals surface area contributed by atoms with Gasteiger partial charge in [0.2, 0.25) is 5.91 Å². The number of hydrogen-bond acceptors (Lipinski definition) is 7. The first-order valence-electron chi connectivity index (χ1n) is 14.4. The number of nitrogens with zero attached hydrogens (tertiary/aromatic N) is 5. The Morgan fingerprint density at radius 1 is 1.20 bits per heavy atom. The first-order chi connectivity index (χ1) is 20.9. The van der Waals surface area contributed by atoms with Gasteiger partial charge in [0, 0.05) is 62.6 Å². The van der Waals surface area contributed by atoms with Gasteiger partial charge < -0.3 is 29.2 Å². The van der Waals surface area contributed by atoms with Crippen LogP contribution in [0, 0.1) is 5.92 Å². The SMILES string of the molecule is C[C@@H]1CN([C@@H](C)CO)C(=O)c2cc(NC(=O)Cc3cn(C)c4ccccc34)ccc2O[C@@H]1CN(C)S(=O)(=O)c1cn(C)cn1. The second-order valence-corrected chi connectivity index (χ2v) is 13.5. The molecule has 1 aliphatic heterocycles. The van der Waals surface area contributed by atoms with Crippen molar-refractivity contribution in [3.05, 3.63) is 72.3 Å². The lowest BCUT2D eigenvalue weighted by Crippen LogP contribution is -2.50. The second kappa shape index (κ2) is 12.4. The molecule has 2 aromatic carbocycles. The number of amides is 2. The summed E-state index contributed by atoms with van der Waals surface area (Å²) in [5.74, 6) is -0.625. The summed E-state index contributed by atoms with van der Waals surface area (Å²) in [4.78, 5) is 32.5. The van der Waals surface area contributed by atoms with E-state index in [1.165, 1.54) is 23.9 Å². The number of rotatable bonds is 9. The third-order valence-electron chi connectivity index (χ3n) is 8.07. The number of aromatic nitrogens is 3. The van der Waals surface area contributed by atoms with Crippen LogP contribution in [-0.4, -0.2) is 87.6 Å². The van der Waals surface area contributed by atoms with E-state index in [0.717, 1.165) is 16.5 Å². The first kappa shape index (κ1) is 31.2. The van der Waals surface area contributed by atoms with E-state index in [1.807, 2.05) is 49.0 Å². The zero-order chi connectivity index (χ0) is 31.8. The fourth-order valence-corrected chi connectivity index (χ4v) is 6.64. The number of likely N-dealkylation sites (N-methyl/N-ethyl adjacent to an activating group) is 1. The number of ether oxygens (including phenoxy) is 1. The number of imidazole rings is 1. The zero-order valence-corrected chi connectivity index (χ0v) is 26.3. The van der Waals surface area contributed by atoms with Crippen molar-refractivity contribution in [3.63, 3.8) is 0 Å². The molecule has 0 saturated carbocycles. The quantitative estimate of drug-likeness (QED) is 0.293. The molecule has 0 spiro atoms. The molecule has 2 amide bonds. The summed E-state index contributed by atoms with van der Waals surface area (Å²) in [7, 11) is 1.20. The van der Waals surface area contributed by atoms with E-state index in [-0.39, 0.29) is 60.2 Å². The molecule has 5 rings (SSSR count). The number of hydrogen-bond donors (Lipinski definition) is 2. The third kappa shape index (κ3) is 6.21. The van der Waals surface area contributed by atoms with Crippen LogP contribution < -0.4 is 10.1 Å². The topological polar surface area (TPSA) is 139 Å². The van der Waals surface area contributed by atoms with Crippen LogP contribution in [0.3, 0.4) is 0 Å². The minimum Gasteiger partial charge on any atom is -0.488 e. The molecule has 13 heteroatoms. The average Bonchev–Trinajstić information content (AvgIpc) is 3.58. The van der Waals surface area contributed by atoms with Crippen LogP contribution in [0.4, 0.5) is 5.69 Å². The Balaban J connectivity index is 1.41. The molecule has 4 aromatic rings. The van der Waals surface area contributed by atoms with Crippen LogP contribution in [0.15, 0.2) is 66.2 Å². The Morgan fingerprint density at radius 3 is 2.66 bits per heavy atom. The highest BCUT2D eigenvalue weighted by atomic mass is 32.2. The van der Waals surface area contributed by atoms with Gasteiger partial charge >= 0.3 is 0 Å². The minimum atomic E-state index is -3.89. The molecule has 0 unspecified atom stereocenters. The van der Waals surface area contributed by atoms with Crippen LogP contribution in [0.1, 0.15) is 29.8 Å². The Kier molecular flexibility index (Phi) is 8.82. The second-order valence-electron chi connectivity index (χ2n) is 11.5. The Hall–Kier alpha value is -4.20. The van der Waals surface area contributed by atoms with E-state index in [4.69, 9.17) is 4.74 Å². The number of anilines is 1. The maximum absolute atomic E-state index is 13.8. The van der Waals surface area contributed by atoms with Gasteiger partial charge in [0.25, 0.3) is 15.9 Å². The van der Waals surface area contributed by atoms with Crippen molar-refractivity contribution in [3.8, 4) is 5.75 Å². The van der Waals surface area contributed by atoms with Gasteiger partial charge in [-0.1, -0.05) is 25.1 Å². The van der Waals surface area contributed by atoms with Crippen molar-refractivity contribution in [1.29, 1.82) is 0 Å². The summed E-state index contributed by atoms with van der Waals surface area (Å²) in [5, 5.41) is 13.8. The molecule has 0 aliphatic carbocycles. The summed E-state index contributed by atoms with van der Waals surface area (Å²) < 4.78 is 37.5. The molecule has 2 aromatic heterocycles. The Labute approximate surface area is 256 Å². The summed E-state index contributed by atoms with van der Waals surface area (Å²) >= 11 is 0. The van der Waals surface area contributed by atoms with E-state index in [0.29, 0.717) is 5.69 Å². The summed E-state index contributed by atoms with van der Waals surface area (Å²) in [6.45, 7) is 3.59. The predicted octanol–water partition coefficient (Wildman–Crippen LogP) is 2.63. The van der Waals surface area contributed by atoms with Crippen LogP contribution >= 0.6 is 0 Å². The number of carbonyl (C=O) groups excluding carboxylic acids is 2. The van der Waals surface area contributed by atoms with Gasteiger partial charge in [-0.15, -0.1) is 0 Å². The molecule has 12 nitrogen and oxygen atoms in total. The van der Waals surface area contributed by atoms with Crippen molar-refractivity contribution in [1.82, 2.24) is 23.3 Å². The highest BCUT2D eigenvalue weighted by molar-refractivity contribution is 7.89. The fraction of sp³-hybridized carbons (Fsp3) is 0.387. The number of para-hydroxylation sites is 1. The highest BCUT2D eigenvalue weighted by Gasteiger charge is 2.35. The molecule has 0 bridgehead atoms. The van der Waals surface area contributed by atoms with E-state index in [1.54, 1.807) is 41.6 Å². The first-order valence-corrected chi connectivity index (χ1v) is 15.8. The number of nitrogens with one attached hydrogen (secondary N) is 1. The molecular formula is C31H38N6O6S. The number of sulfonamides is 1. The van der Waals surface area contributed by atoms with Gasteiger partial charge in [0.1, 0.15) is 11.9 Å². The number of fused-ring (bicyclic) bond motifs is 2. The zero-order valence-electron chi connectivity index (χ0n) is 25.5. The molecule has 234 valence electrons. The lowest BCUT2D eigenvalue weighted by molar-refractivity contribution is -0.115. The van der Waals surface area contributed by atoms with E-state index in [9.17, 15) is 23.1 Å². The number of aliphatic hydroxyl groups is 1. The van der Waals surface area contributed by atoms with Gasteiger partial charge in [0.15, 0.2) is 5.03 Å². The number of carbonyl (C=O) groups is 2. The molecule has 0 saturated heterocycles. The molecule has 0 radical (unpaired) electrons. The lowest BCUT2D eigenvalue weighted by Gasteiger charge is -2.38. The van der Waals surface area contributed by atoms with Gasteiger partial charge in [-0.05, 0) is 36.8 Å². The number of benzene rings is 2.